The number of carbonyl (C=O) groups is 3. The van der Waals surface area contributed by atoms with E-state index in [0.717, 1.165) is 47.9 Å². The highest BCUT2D eigenvalue weighted by atomic mass is 19.1. The van der Waals surface area contributed by atoms with Gasteiger partial charge in [0.2, 0.25) is 11.8 Å². The summed E-state index contributed by atoms with van der Waals surface area (Å²) in [5.41, 5.74) is 2.74. The fourth-order valence-corrected chi connectivity index (χ4v) is 5.85. The van der Waals surface area contributed by atoms with Gasteiger partial charge in [-0.1, -0.05) is 61.4 Å². The van der Waals surface area contributed by atoms with Crippen LogP contribution in [0.2, 0.25) is 0 Å². The molecule has 0 bridgehead atoms. The lowest BCUT2D eigenvalue weighted by atomic mass is 9.83. The van der Waals surface area contributed by atoms with E-state index in [2.05, 4.69) is 10.4 Å². The molecular weight excluding hydrogens is 573 g/mol. The van der Waals surface area contributed by atoms with Crippen LogP contribution in [0.3, 0.4) is 0 Å². The molecule has 8 nitrogen and oxygen atoms in total. The van der Waals surface area contributed by atoms with Crippen LogP contribution < -0.4 is 5.32 Å². The molecule has 1 N–H and O–H groups in total. The van der Waals surface area contributed by atoms with E-state index in [-0.39, 0.29) is 49.0 Å². The molecule has 2 aliphatic rings. The summed E-state index contributed by atoms with van der Waals surface area (Å²) in [7, 11) is 0. The summed E-state index contributed by atoms with van der Waals surface area (Å²) in [6.45, 7) is 5.61. The highest BCUT2D eigenvalue weighted by Gasteiger charge is 2.33. The van der Waals surface area contributed by atoms with Gasteiger partial charge in [0.25, 0.3) is 5.91 Å². The second-order valence-electron chi connectivity index (χ2n) is 12.7. The number of aryl methyl sites for hydroxylation is 1. The Kier molecular flexibility index (Phi) is 9.96. The summed E-state index contributed by atoms with van der Waals surface area (Å²) in [5.74, 6) is -1.30. The number of amides is 2. The Hall–Kier alpha value is -4.53. The molecule has 0 unspecified atom stereocenters. The van der Waals surface area contributed by atoms with E-state index < -0.39 is 17.3 Å². The second-order valence-corrected chi connectivity index (χ2v) is 12.7. The molecule has 3 aromatic rings. The highest BCUT2D eigenvalue weighted by molar-refractivity contribution is 5.98. The fourth-order valence-electron chi connectivity index (χ4n) is 5.85. The topological polar surface area (TPSA) is 97.3 Å². The first-order valence-electron chi connectivity index (χ1n) is 15.5. The Morgan fingerprint density at radius 2 is 1.71 bits per heavy atom. The molecule has 45 heavy (non-hydrogen) atoms. The molecule has 9 heteroatoms. The first-order valence-corrected chi connectivity index (χ1v) is 15.5. The summed E-state index contributed by atoms with van der Waals surface area (Å²) in [6, 6.07) is 21.6. The number of hydrogen-bond donors (Lipinski definition) is 1. The molecule has 1 heterocycles. The van der Waals surface area contributed by atoms with Crippen molar-refractivity contribution in [3.8, 4) is 0 Å². The van der Waals surface area contributed by atoms with Crippen molar-refractivity contribution in [2.75, 3.05) is 11.9 Å². The van der Waals surface area contributed by atoms with Gasteiger partial charge in [-0.3, -0.25) is 14.4 Å². The third-order valence-electron chi connectivity index (χ3n) is 8.00. The number of nitrogens with zero attached hydrogens (tertiary/aromatic N) is 2. The number of hydrazone groups is 1. The van der Waals surface area contributed by atoms with Gasteiger partial charge in [-0.2, -0.15) is 0 Å². The zero-order valence-electron chi connectivity index (χ0n) is 26.1. The Labute approximate surface area is 263 Å². The smallest absolute Gasteiger partial charge is 0.306 e. The van der Waals surface area contributed by atoms with Gasteiger partial charge in [-0.25, -0.2) is 9.40 Å². The van der Waals surface area contributed by atoms with Crippen LogP contribution in [0.4, 0.5) is 10.1 Å². The van der Waals surface area contributed by atoms with Crippen LogP contribution in [0.1, 0.15) is 81.0 Å². The van der Waals surface area contributed by atoms with E-state index in [1.54, 1.807) is 12.1 Å². The quantitative estimate of drug-likeness (QED) is 0.256. The predicted octanol–water partition coefficient (Wildman–Crippen LogP) is 6.73. The average Bonchev–Trinajstić information content (AvgIpc) is 3.54. The van der Waals surface area contributed by atoms with Gasteiger partial charge >= 0.3 is 5.97 Å². The van der Waals surface area contributed by atoms with Gasteiger partial charge in [0.05, 0.1) is 18.2 Å². The number of ether oxygens (including phenoxy) is 2. The Morgan fingerprint density at radius 1 is 1.02 bits per heavy atom. The minimum atomic E-state index is -0.577. The lowest BCUT2D eigenvalue weighted by Gasteiger charge is -2.25. The van der Waals surface area contributed by atoms with E-state index in [1.165, 1.54) is 11.1 Å². The summed E-state index contributed by atoms with van der Waals surface area (Å²) < 4.78 is 25.8. The summed E-state index contributed by atoms with van der Waals surface area (Å²) in [4.78, 5) is 38.5. The maximum atomic E-state index is 14.9. The molecule has 1 atom stereocenters. The lowest BCUT2D eigenvalue weighted by molar-refractivity contribution is -0.154. The molecule has 1 saturated carbocycles. The molecule has 1 aliphatic carbocycles. The number of rotatable bonds is 10. The minimum absolute atomic E-state index is 0.0888. The van der Waals surface area contributed by atoms with Crippen LogP contribution in [0.5, 0.6) is 0 Å². The van der Waals surface area contributed by atoms with Crippen molar-refractivity contribution in [2.45, 2.75) is 77.4 Å². The standard InChI is InChI=1S/C36H40FN3O5/c1-36(2,3)45-32(42)20-16-24-15-19-29(37)30(21-24)38-34(43)33(26-9-7-8-10-26)27-17-13-25(14-18-27)22-40-31(41)23-44-35(39-40)28-11-5-4-6-12-28/h4-6,11-15,17-19,21,26,33H,7-10,16,20,22-23H2,1-3H3,(H,38,43)/t33-/m0/s1. The molecule has 2 amide bonds. The number of nitrogens with one attached hydrogen (secondary N) is 1. The molecule has 1 aliphatic heterocycles. The molecule has 0 saturated heterocycles. The number of halogens is 1. The molecule has 1 fully saturated rings. The molecule has 0 radical (unpaired) electrons. The van der Waals surface area contributed by atoms with E-state index >= 15 is 0 Å². The summed E-state index contributed by atoms with van der Waals surface area (Å²) in [5, 5.41) is 8.68. The van der Waals surface area contributed by atoms with Gasteiger partial charge in [-0.15, -0.1) is 5.10 Å². The lowest BCUT2D eigenvalue weighted by Crippen LogP contribution is -2.36. The summed E-state index contributed by atoms with van der Waals surface area (Å²) in [6.07, 6.45) is 4.44. The van der Waals surface area contributed by atoms with Crippen LogP contribution in [0.15, 0.2) is 77.9 Å². The monoisotopic (exact) mass is 613 g/mol. The Morgan fingerprint density at radius 3 is 2.40 bits per heavy atom. The fraction of sp³-hybridized carbons (Fsp3) is 0.389. The van der Waals surface area contributed by atoms with Crippen LogP contribution in [0.25, 0.3) is 0 Å². The first kappa shape index (κ1) is 31.9. The van der Waals surface area contributed by atoms with Crippen molar-refractivity contribution in [3.05, 3.63) is 101 Å². The second kappa shape index (κ2) is 14.1. The van der Waals surface area contributed by atoms with Crippen molar-refractivity contribution in [1.82, 2.24) is 5.01 Å². The van der Waals surface area contributed by atoms with E-state index in [0.29, 0.717) is 12.3 Å². The number of benzene rings is 3. The zero-order valence-corrected chi connectivity index (χ0v) is 26.1. The van der Waals surface area contributed by atoms with E-state index in [9.17, 15) is 18.8 Å². The van der Waals surface area contributed by atoms with Gasteiger partial charge in [0.15, 0.2) is 6.61 Å². The van der Waals surface area contributed by atoms with Crippen molar-refractivity contribution in [1.29, 1.82) is 0 Å². The van der Waals surface area contributed by atoms with Crippen LogP contribution in [-0.4, -0.2) is 40.9 Å². The maximum Gasteiger partial charge on any atom is 0.306 e. The molecule has 3 aromatic carbocycles. The van der Waals surface area contributed by atoms with E-state index in [4.69, 9.17) is 9.47 Å². The molecule has 0 aromatic heterocycles. The van der Waals surface area contributed by atoms with Crippen molar-refractivity contribution in [3.63, 3.8) is 0 Å². The van der Waals surface area contributed by atoms with Crippen molar-refractivity contribution in [2.24, 2.45) is 11.0 Å². The summed E-state index contributed by atoms with van der Waals surface area (Å²) >= 11 is 0. The van der Waals surface area contributed by atoms with Crippen LogP contribution in [0, 0.1) is 11.7 Å². The van der Waals surface area contributed by atoms with Crippen molar-refractivity contribution >= 4 is 29.4 Å². The SMILES string of the molecule is CC(C)(C)OC(=O)CCc1ccc(F)c(NC(=O)[C@H](c2ccc(CN3N=C(c4ccccc4)OCC3=O)cc2)C2CCCC2)c1. The molecule has 236 valence electrons. The normalized spacial score (nSPS) is 16.1. The molecule has 0 spiro atoms. The number of esters is 1. The molecular formula is C36H40FN3O5. The highest BCUT2D eigenvalue weighted by Crippen LogP contribution is 2.38. The van der Waals surface area contributed by atoms with Crippen LogP contribution in [-0.2, 0) is 36.8 Å². The molecule has 5 rings (SSSR count). The maximum absolute atomic E-state index is 14.9. The number of hydrogen-bond acceptors (Lipinski definition) is 6. The van der Waals surface area contributed by atoms with E-state index in [1.807, 2.05) is 75.4 Å². The zero-order chi connectivity index (χ0) is 32.0. The van der Waals surface area contributed by atoms with Gasteiger partial charge in [0.1, 0.15) is 11.4 Å². The largest absolute Gasteiger partial charge is 0.466 e. The third-order valence-corrected chi connectivity index (χ3v) is 8.00. The van der Waals surface area contributed by atoms with Gasteiger partial charge in [-0.05, 0) is 86.9 Å². The van der Waals surface area contributed by atoms with Crippen molar-refractivity contribution < 1.29 is 28.2 Å². The first-order chi connectivity index (χ1) is 21.6. The Balaban J connectivity index is 1.29. The van der Waals surface area contributed by atoms with Gasteiger partial charge < -0.3 is 14.8 Å². The Bertz CT molecular complexity index is 1540. The third kappa shape index (κ3) is 8.56. The predicted molar refractivity (Wildman–Crippen MR) is 170 cm³/mol. The van der Waals surface area contributed by atoms with Gasteiger partial charge in [0, 0.05) is 12.0 Å². The average molecular weight is 614 g/mol. The minimum Gasteiger partial charge on any atom is -0.466 e. The number of carbonyl (C=O) groups excluding carboxylic acids is 3. The van der Waals surface area contributed by atoms with Crippen LogP contribution >= 0.6 is 0 Å². The number of anilines is 1.